The van der Waals surface area contributed by atoms with Gasteiger partial charge in [-0.15, -0.1) is 15.3 Å². The lowest BCUT2D eigenvalue weighted by molar-refractivity contribution is -0.121. The molecule has 0 aliphatic heterocycles. The molecule has 0 radical (unpaired) electrons. The van der Waals surface area contributed by atoms with E-state index < -0.39 is 0 Å². The fourth-order valence-corrected chi connectivity index (χ4v) is 2.59. The highest BCUT2D eigenvalue weighted by Gasteiger charge is 2.11. The number of nitrogens with one attached hydrogen (secondary N) is 1. The molecule has 0 fully saturated rings. The first-order chi connectivity index (χ1) is 13.1. The van der Waals surface area contributed by atoms with Gasteiger partial charge in [0.1, 0.15) is 0 Å². The van der Waals surface area contributed by atoms with Crippen LogP contribution in [-0.2, 0) is 17.8 Å². The zero-order chi connectivity index (χ0) is 19.2. The fourth-order valence-electron chi connectivity index (χ4n) is 2.59. The Hall–Kier alpha value is -3.36. The number of aryl methyl sites for hydroxylation is 1. The van der Waals surface area contributed by atoms with E-state index in [-0.39, 0.29) is 12.3 Å². The van der Waals surface area contributed by atoms with Gasteiger partial charge in [-0.3, -0.25) is 4.79 Å². The van der Waals surface area contributed by atoms with Crippen LogP contribution >= 0.6 is 0 Å². The molecule has 27 heavy (non-hydrogen) atoms. The average molecular weight is 371 g/mol. The molecule has 9 nitrogen and oxygen atoms in total. The minimum absolute atomic E-state index is 0.0931. The number of amides is 1. The predicted molar refractivity (Wildman–Crippen MR) is 97.0 cm³/mol. The van der Waals surface area contributed by atoms with Crippen molar-refractivity contribution in [1.29, 1.82) is 0 Å². The Morgan fingerprint density at radius 1 is 1.04 bits per heavy atom. The van der Waals surface area contributed by atoms with Crippen LogP contribution < -0.4 is 19.5 Å². The van der Waals surface area contributed by atoms with E-state index in [0.717, 1.165) is 5.56 Å². The minimum Gasteiger partial charge on any atom is -0.493 e. The number of methoxy groups -OCH3 is 3. The first-order valence-corrected chi connectivity index (χ1v) is 8.37. The first kappa shape index (κ1) is 18.4. The number of hydrogen-bond donors (Lipinski definition) is 1. The summed E-state index contributed by atoms with van der Waals surface area (Å²) in [5.74, 6) is 2.24. The topological polar surface area (TPSA) is 99.9 Å². The summed E-state index contributed by atoms with van der Waals surface area (Å²) < 4.78 is 17.2. The van der Waals surface area contributed by atoms with E-state index in [1.54, 1.807) is 38.0 Å². The molecular weight excluding hydrogens is 350 g/mol. The number of rotatable bonds is 8. The molecule has 1 amide bonds. The van der Waals surface area contributed by atoms with Gasteiger partial charge in [-0.2, -0.15) is 4.52 Å². The first-order valence-electron chi connectivity index (χ1n) is 8.37. The maximum atomic E-state index is 12.2. The van der Waals surface area contributed by atoms with Gasteiger partial charge in [0.05, 0.1) is 21.3 Å². The van der Waals surface area contributed by atoms with Gasteiger partial charge in [-0.25, -0.2) is 0 Å². The van der Waals surface area contributed by atoms with Crippen molar-refractivity contribution in [3.63, 3.8) is 0 Å². The zero-order valence-corrected chi connectivity index (χ0v) is 15.4. The van der Waals surface area contributed by atoms with Crippen LogP contribution in [0.3, 0.4) is 0 Å². The Kier molecular flexibility index (Phi) is 5.70. The molecule has 1 N–H and O–H groups in total. The number of carbonyl (C=O) groups is 1. The zero-order valence-electron chi connectivity index (χ0n) is 15.4. The van der Waals surface area contributed by atoms with Crippen molar-refractivity contribution in [1.82, 2.24) is 25.1 Å². The summed E-state index contributed by atoms with van der Waals surface area (Å²) in [6, 6.07) is 9.00. The Morgan fingerprint density at radius 3 is 2.59 bits per heavy atom. The van der Waals surface area contributed by atoms with Gasteiger partial charge >= 0.3 is 0 Å². The van der Waals surface area contributed by atoms with Crippen LogP contribution in [0.15, 0.2) is 30.3 Å². The molecule has 9 heteroatoms. The molecule has 0 bridgehead atoms. The largest absolute Gasteiger partial charge is 0.493 e. The Balaban J connectivity index is 1.57. The van der Waals surface area contributed by atoms with Gasteiger partial charge in [0.15, 0.2) is 23.0 Å². The lowest BCUT2D eigenvalue weighted by atomic mass is 10.2. The second-order valence-electron chi connectivity index (χ2n) is 5.73. The summed E-state index contributed by atoms with van der Waals surface area (Å²) >= 11 is 0. The number of aromatic nitrogens is 4. The molecule has 2 aromatic heterocycles. The van der Waals surface area contributed by atoms with Gasteiger partial charge in [-0.1, -0.05) is 6.07 Å². The van der Waals surface area contributed by atoms with Crippen molar-refractivity contribution in [2.24, 2.45) is 0 Å². The van der Waals surface area contributed by atoms with E-state index in [2.05, 4.69) is 20.6 Å². The van der Waals surface area contributed by atoms with Crippen molar-refractivity contribution >= 4 is 11.6 Å². The summed E-state index contributed by atoms with van der Waals surface area (Å²) in [4.78, 5) is 12.2. The van der Waals surface area contributed by atoms with Gasteiger partial charge in [0.25, 0.3) is 0 Å². The van der Waals surface area contributed by atoms with Crippen molar-refractivity contribution in [2.45, 2.75) is 19.4 Å². The number of ether oxygens (including phenoxy) is 3. The maximum Gasteiger partial charge on any atom is 0.231 e. The molecule has 0 aliphatic carbocycles. The molecule has 0 unspecified atom stereocenters. The van der Waals surface area contributed by atoms with Crippen LogP contribution in [0.2, 0.25) is 0 Å². The number of nitrogens with zero attached hydrogens (tertiary/aromatic N) is 4. The van der Waals surface area contributed by atoms with E-state index in [1.165, 1.54) is 0 Å². The Morgan fingerprint density at radius 2 is 1.85 bits per heavy atom. The number of benzene rings is 1. The van der Waals surface area contributed by atoms with Gasteiger partial charge in [0, 0.05) is 25.5 Å². The molecular formula is C18H21N5O4. The summed E-state index contributed by atoms with van der Waals surface area (Å²) in [5, 5.41) is 15.3. The monoisotopic (exact) mass is 371 g/mol. The van der Waals surface area contributed by atoms with Crippen molar-refractivity contribution < 1.29 is 19.0 Å². The Labute approximate surface area is 156 Å². The molecule has 3 aromatic rings. The van der Waals surface area contributed by atoms with Crippen LogP contribution in [0.1, 0.15) is 17.8 Å². The van der Waals surface area contributed by atoms with E-state index in [9.17, 15) is 4.79 Å². The highest BCUT2D eigenvalue weighted by atomic mass is 16.5. The highest BCUT2D eigenvalue weighted by Crippen LogP contribution is 2.27. The fraction of sp³-hybridized carbons (Fsp3) is 0.333. The summed E-state index contributed by atoms with van der Waals surface area (Å²) in [6.45, 7) is 0.395. The average Bonchev–Trinajstić information content (AvgIpc) is 3.12. The third kappa shape index (κ3) is 4.25. The van der Waals surface area contributed by atoms with Crippen molar-refractivity contribution in [3.05, 3.63) is 41.7 Å². The van der Waals surface area contributed by atoms with Gasteiger partial charge < -0.3 is 19.5 Å². The van der Waals surface area contributed by atoms with Crippen molar-refractivity contribution in [2.75, 3.05) is 21.3 Å². The molecule has 142 valence electrons. The normalized spacial score (nSPS) is 10.6. The quantitative estimate of drug-likeness (QED) is 0.639. The molecule has 0 saturated carbocycles. The standard InChI is InChI=1S/C18H21N5O4/c1-25-13-5-4-12(10-14(13)26-2)11-19-17(24)8-6-15-20-21-16-7-9-18(27-3)22-23(15)16/h4-5,7,9-10H,6,8,11H2,1-3H3,(H,19,24). The predicted octanol–water partition coefficient (Wildman–Crippen LogP) is 1.40. The van der Waals surface area contributed by atoms with Crippen LogP contribution in [0, 0.1) is 0 Å². The van der Waals surface area contributed by atoms with Crippen LogP contribution in [0.5, 0.6) is 17.4 Å². The third-order valence-corrected chi connectivity index (χ3v) is 4.03. The van der Waals surface area contributed by atoms with E-state index in [1.807, 2.05) is 18.2 Å². The number of hydrogen-bond acceptors (Lipinski definition) is 7. The second kappa shape index (κ2) is 8.35. The molecule has 0 saturated heterocycles. The molecule has 2 heterocycles. The lowest BCUT2D eigenvalue weighted by Gasteiger charge is -2.10. The summed E-state index contributed by atoms with van der Waals surface area (Å²) in [5.41, 5.74) is 1.52. The SMILES string of the molecule is COc1ccc2nnc(CCC(=O)NCc3ccc(OC)c(OC)c3)n2n1. The van der Waals surface area contributed by atoms with E-state index in [0.29, 0.717) is 41.8 Å². The van der Waals surface area contributed by atoms with Crippen molar-refractivity contribution in [3.8, 4) is 17.4 Å². The van der Waals surface area contributed by atoms with Gasteiger partial charge in [-0.05, 0) is 23.8 Å². The number of carbonyl (C=O) groups excluding carboxylic acids is 1. The number of fused-ring (bicyclic) bond motifs is 1. The minimum atomic E-state index is -0.0931. The van der Waals surface area contributed by atoms with E-state index in [4.69, 9.17) is 14.2 Å². The lowest BCUT2D eigenvalue weighted by Crippen LogP contribution is -2.23. The Bertz CT molecular complexity index is 941. The van der Waals surface area contributed by atoms with Gasteiger partial charge in [0.2, 0.25) is 11.8 Å². The molecule has 0 spiro atoms. The van der Waals surface area contributed by atoms with Crippen LogP contribution in [0.4, 0.5) is 0 Å². The molecule has 3 rings (SSSR count). The summed E-state index contributed by atoms with van der Waals surface area (Å²) in [7, 11) is 4.70. The molecule has 1 aromatic carbocycles. The highest BCUT2D eigenvalue weighted by molar-refractivity contribution is 5.76. The van der Waals surface area contributed by atoms with Crippen LogP contribution in [0.25, 0.3) is 5.65 Å². The second-order valence-corrected chi connectivity index (χ2v) is 5.73. The smallest absolute Gasteiger partial charge is 0.231 e. The molecule has 0 aliphatic rings. The maximum absolute atomic E-state index is 12.2. The third-order valence-electron chi connectivity index (χ3n) is 4.03. The molecule has 0 atom stereocenters. The van der Waals surface area contributed by atoms with Crippen LogP contribution in [-0.4, -0.2) is 47.0 Å². The van der Waals surface area contributed by atoms with E-state index >= 15 is 0 Å². The summed E-state index contributed by atoms with van der Waals surface area (Å²) in [6.07, 6.45) is 0.687.